The summed E-state index contributed by atoms with van der Waals surface area (Å²) in [6.07, 6.45) is 2.53. The molecule has 0 aromatic carbocycles. The lowest BCUT2D eigenvalue weighted by molar-refractivity contribution is 0.437. The SMILES string of the molecule is Cc1cc(C)c2ccc(N3CCC(C)CC3)nc2n1. The number of piperidine rings is 1. The zero-order valence-electron chi connectivity index (χ0n) is 12.0. The highest BCUT2D eigenvalue weighted by Gasteiger charge is 2.17. The summed E-state index contributed by atoms with van der Waals surface area (Å²) in [5, 5.41) is 1.17. The van der Waals surface area contributed by atoms with Crippen LogP contribution in [0.4, 0.5) is 5.82 Å². The molecule has 3 nitrogen and oxygen atoms in total. The number of anilines is 1. The lowest BCUT2D eigenvalue weighted by Crippen LogP contribution is -2.33. The van der Waals surface area contributed by atoms with Gasteiger partial charge >= 0.3 is 0 Å². The van der Waals surface area contributed by atoms with Crippen molar-refractivity contribution in [3.8, 4) is 0 Å². The van der Waals surface area contributed by atoms with E-state index >= 15 is 0 Å². The van der Waals surface area contributed by atoms with Gasteiger partial charge in [-0.15, -0.1) is 0 Å². The molecule has 0 atom stereocenters. The normalized spacial score (nSPS) is 17.1. The summed E-state index contributed by atoms with van der Waals surface area (Å²) in [4.78, 5) is 11.7. The van der Waals surface area contributed by atoms with Gasteiger partial charge in [0.2, 0.25) is 0 Å². The van der Waals surface area contributed by atoms with Gasteiger partial charge in [-0.25, -0.2) is 9.97 Å². The quantitative estimate of drug-likeness (QED) is 0.781. The van der Waals surface area contributed by atoms with E-state index in [4.69, 9.17) is 4.98 Å². The van der Waals surface area contributed by atoms with E-state index in [9.17, 15) is 0 Å². The number of rotatable bonds is 1. The summed E-state index contributed by atoms with van der Waals surface area (Å²) in [5.74, 6) is 1.93. The highest BCUT2D eigenvalue weighted by molar-refractivity contribution is 5.80. The summed E-state index contributed by atoms with van der Waals surface area (Å²) >= 11 is 0. The van der Waals surface area contributed by atoms with Crippen LogP contribution in [-0.2, 0) is 0 Å². The first-order valence-corrected chi connectivity index (χ1v) is 7.13. The molecule has 1 aliphatic heterocycles. The Morgan fingerprint density at radius 1 is 1.11 bits per heavy atom. The first-order chi connectivity index (χ1) is 9.13. The van der Waals surface area contributed by atoms with Crippen molar-refractivity contribution < 1.29 is 0 Å². The van der Waals surface area contributed by atoms with Gasteiger partial charge in [-0.05, 0) is 56.4 Å². The van der Waals surface area contributed by atoms with Gasteiger partial charge in [0, 0.05) is 24.2 Å². The molecule has 0 amide bonds. The number of nitrogens with zero attached hydrogens (tertiary/aromatic N) is 3. The maximum atomic E-state index is 4.76. The Kier molecular flexibility index (Phi) is 3.13. The minimum absolute atomic E-state index is 0.847. The number of pyridine rings is 2. The molecule has 2 aromatic rings. The van der Waals surface area contributed by atoms with Crippen molar-refractivity contribution >= 4 is 16.9 Å². The average Bonchev–Trinajstić information content (AvgIpc) is 2.38. The number of aryl methyl sites for hydroxylation is 2. The first kappa shape index (κ1) is 12.4. The van der Waals surface area contributed by atoms with Gasteiger partial charge in [-0.2, -0.15) is 0 Å². The molecule has 2 aromatic heterocycles. The predicted molar refractivity (Wildman–Crippen MR) is 79.6 cm³/mol. The van der Waals surface area contributed by atoms with E-state index in [1.54, 1.807) is 0 Å². The minimum atomic E-state index is 0.847. The molecule has 0 saturated carbocycles. The molecule has 0 N–H and O–H groups in total. The molecule has 0 bridgehead atoms. The van der Waals surface area contributed by atoms with Gasteiger partial charge in [0.25, 0.3) is 0 Å². The fraction of sp³-hybridized carbons (Fsp3) is 0.500. The average molecular weight is 255 g/mol. The number of aromatic nitrogens is 2. The maximum Gasteiger partial charge on any atom is 0.162 e. The lowest BCUT2D eigenvalue weighted by atomic mass is 9.99. The lowest BCUT2D eigenvalue weighted by Gasteiger charge is -2.31. The Morgan fingerprint density at radius 3 is 2.58 bits per heavy atom. The summed E-state index contributed by atoms with van der Waals surface area (Å²) in [6, 6.07) is 6.42. The van der Waals surface area contributed by atoms with Gasteiger partial charge < -0.3 is 4.90 Å². The van der Waals surface area contributed by atoms with Crippen molar-refractivity contribution in [2.24, 2.45) is 5.92 Å². The van der Waals surface area contributed by atoms with Crippen LogP contribution < -0.4 is 4.90 Å². The molecule has 0 spiro atoms. The van der Waals surface area contributed by atoms with E-state index in [2.05, 4.69) is 41.9 Å². The highest BCUT2D eigenvalue weighted by atomic mass is 15.2. The van der Waals surface area contributed by atoms with E-state index in [1.807, 2.05) is 6.92 Å². The summed E-state index contributed by atoms with van der Waals surface area (Å²) < 4.78 is 0. The zero-order valence-corrected chi connectivity index (χ0v) is 12.0. The standard InChI is InChI=1S/C16H21N3/c1-11-6-8-19(9-7-11)15-5-4-14-12(2)10-13(3)17-16(14)18-15/h4-5,10-11H,6-9H2,1-3H3. The van der Waals surface area contributed by atoms with Gasteiger partial charge in [0.15, 0.2) is 5.65 Å². The van der Waals surface area contributed by atoms with Crippen molar-refractivity contribution in [3.05, 3.63) is 29.5 Å². The summed E-state index contributed by atoms with van der Waals surface area (Å²) in [5.41, 5.74) is 3.18. The van der Waals surface area contributed by atoms with Crippen LogP contribution in [0.15, 0.2) is 18.2 Å². The van der Waals surface area contributed by atoms with Gasteiger partial charge in [0.1, 0.15) is 5.82 Å². The predicted octanol–water partition coefficient (Wildman–Crippen LogP) is 3.48. The Labute approximate surface area is 114 Å². The van der Waals surface area contributed by atoms with Crippen LogP contribution in [0, 0.1) is 19.8 Å². The van der Waals surface area contributed by atoms with Crippen LogP contribution >= 0.6 is 0 Å². The molecule has 1 saturated heterocycles. The van der Waals surface area contributed by atoms with Gasteiger partial charge in [0.05, 0.1) is 0 Å². The summed E-state index contributed by atoms with van der Waals surface area (Å²) in [6.45, 7) is 8.72. The second kappa shape index (κ2) is 4.80. The second-order valence-electron chi connectivity index (χ2n) is 5.79. The van der Waals surface area contributed by atoms with Crippen LogP contribution in [-0.4, -0.2) is 23.1 Å². The van der Waals surface area contributed by atoms with E-state index in [1.165, 1.54) is 23.8 Å². The van der Waals surface area contributed by atoms with E-state index in [0.717, 1.165) is 36.2 Å². The van der Waals surface area contributed by atoms with E-state index in [0.29, 0.717) is 0 Å². The molecular formula is C16H21N3. The van der Waals surface area contributed by atoms with Crippen LogP contribution in [0.2, 0.25) is 0 Å². The third kappa shape index (κ3) is 2.42. The molecule has 3 heterocycles. The van der Waals surface area contributed by atoms with Crippen molar-refractivity contribution in [3.63, 3.8) is 0 Å². The summed E-state index contributed by atoms with van der Waals surface area (Å²) in [7, 11) is 0. The van der Waals surface area contributed by atoms with Crippen LogP contribution in [0.1, 0.15) is 31.0 Å². The molecule has 1 fully saturated rings. The minimum Gasteiger partial charge on any atom is -0.357 e. The van der Waals surface area contributed by atoms with E-state index < -0.39 is 0 Å². The van der Waals surface area contributed by atoms with Gasteiger partial charge in [-0.1, -0.05) is 6.92 Å². The van der Waals surface area contributed by atoms with Crippen LogP contribution in [0.5, 0.6) is 0 Å². The zero-order chi connectivity index (χ0) is 13.4. The Hall–Kier alpha value is -1.64. The Bertz CT molecular complexity index is 598. The molecule has 3 heteroatoms. The van der Waals surface area contributed by atoms with Gasteiger partial charge in [-0.3, -0.25) is 0 Å². The monoisotopic (exact) mass is 255 g/mol. The maximum absolute atomic E-state index is 4.76. The number of hydrogen-bond donors (Lipinski definition) is 0. The van der Waals surface area contributed by atoms with Crippen molar-refractivity contribution in [1.82, 2.24) is 9.97 Å². The fourth-order valence-electron chi connectivity index (χ4n) is 2.84. The fourth-order valence-corrected chi connectivity index (χ4v) is 2.84. The first-order valence-electron chi connectivity index (χ1n) is 7.13. The molecule has 1 aliphatic rings. The largest absolute Gasteiger partial charge is 0.357 e. The highest BCUT2D eigenvalue weighted by Crippen LogP contribution is 2.24. The Balaban J connectivity index is 1.97. The molecule has 0 radical (unpaired) electrons. The van der Waals surface area contributed by atoms with Crippen LogP contribution in [0.3, 0.4) is 0 Å². The smallest absolute Gasteiger partial charge is 0.162 e. The topological polar surface area (TPSA) is 29.0 Å². The Morgan fingerprint density at radius 2 is 1.84 bits per heavy atom. The number of hydrogen-bond acceptors (Lipinski definition) is 3. The third-order valence-electron chi connectivity index (χ3n) is 4.10. The molecule has 0 unspecified atom stereocenters. The van der Waals surface area contributed by atoms with Crippen LogP contribution in [0.25, 0.3) is 11.0 Å². The molecule has 100 valence electrons. The molecule has 0 aliphatic carbocycles. The number of fused-ring (bicyclic) bond motifs is 1. The van der Waals surface area contributed by atoms with E-state index in [-0.39, 0.29) is 0 Å². The van der Waals surface area contributed by atoms with Crippen molar-refractivity contribution in [2.45, 2.75) is 33.6 Å². The molecular weight excluding hydrogens is 234 g/mol. The second-order valence-corrected chi connectivity index (χ2v) is 5.79. The van der Waals surface area contributed by atoms with Crippen molar-refractivity contribution in [1.29, 1.82) is 0 Å². The third-order valence-corrected chi connectivity index (χ3v) is 4.10. The molecule has 19 heavy (non-hydrogen) atoms. The molecule has 3 rings (SSSR count). The van der Waals surface area contributed by atoms with Crippen molar-refractivity contribution in [2.75, 3.05) is 18.0 Å².